The molecular formula is C11H16N2S. The number of hydrogen-bond donors (Lipinski definition) is 0. The van der Waals surface area contributed by atoms with Gasteiger partial charge in [0.05, 0.1) is 6.54 Å². The molecule has 2 fully saturated rings. The van der Waals surface area contributed by atoms with Crippen molar-refractivity contribution in [2.24, 2.45) is 0 Å². The smallest absolute Gasteiger partial charge is 0.107 e. The molecule has 0 aliphatic carbocycles. The van der Waals surface area contributed by atoms with Gasteiger partial charge in [-0.3, -0.25) is 4.90 Å². The van der Waals surface area contributed by atoms with Crippen LogP contribution in [0.25, 0.3) is 0 Å². The summed E-state index contributed by atoms with van der Waals surface area (Å²) in [5.74, 6) is 0. The van der Waals surface area contributed by atoms with E-state index in [1.54, 1.807) is 11.3 Å². The Kier molecular flexibility index (Phi) is 2.30. The summed E-state index contributed by atoms with van der Waals surface area (Å²) in [4.78, 5) is 7.08. The summed E-state index contributed by atoms with van der Waals surface area (Å²) in [6, 6.07) is 1.75. The quantitative estimate of drug-likeness (QED) is 0.743. The maximum absolute atomic E-state index is 4.38. The predicted octanol–water partition coefficient (Wildman–Crippen LogP) is 2.66. The lowest BCUT2D eigenvalue weighted by atomic mass is 10.0. The first-order valence-electron chi connectivity index (χ1n) is 5.57. The Morgan fingerprint density at radius 1 is 1.29 bits per heavy atom. The Bertz CT molecular complexity index is 280. The SMILES string of the molecule is c1csc(CN2C3CCCC2CC3)n1. The van der Waals surface area contributed by atoms with Gasteiger partial charge in [0.15, 0.2) is 0 Å². The molecule has 0 radical (unpaired) electrons. The van der Waals surface area contributed by atoms with Gasteiger partial charge in [-0.05, 0) is 25.7 Å². The van der Waals surface area contributed by atoms with Crippen LogP contribution < -0.4 is 0 Å². The van der Waals surface area contributed by atoms with Crippen molar-refractivity contribution in [2.75, 3.05) is 0 Å². The number of aromatic nitrogens is 1. The molecule has 3 heterocycles. The zero-order valence-electron chi connectivity index (χ0n) is 8.35. The molecule has 0 amide bonds. The number of thiazole rings is 1. The molecule has 3 rings (SSSR count). The maximum atomic E-state index is 4.38. The van der Waals surface area contributed by atoms with Gasteiger partial charge in [0.2, 0.25) is 0 Å². The lowest BCUT2D eigenvalue weighted by molar-refractivity contribution is 0.132. The predicted molar refractivity (Wildman–Crippen MR) is 58.3 cm³/mol. The average Bonchev–Trinajstić information content (AvgIpc) is 2.75. The summed E-state index contributed by atoms with van der Waals surface area (Å²) >= 11 is 1.80. The normalized spacial score (nSPS) is 32.3. The Hall–Kier alpha value is -0.410. The van der Waals surface area contributed by atoms with E-state index in [2.05, 4.69) is 15.3 Å². The molecule has 3 heteroatoms. The number of fused-ring (bicyclic) bond motifs is 2. The van der Waals surface area contributed by atoms with Gasteiger partial charge in [-0.2, -0.15) is 0 Å². The van der Waals surface area contributed by atoms with Crippen LogP contribution in [0.4, 0.5) is 0 Å². The van der Waals surface area contributed by atoms with Crippen LogP contribution in [-0.4, -0.2) is 22.0 Å². The van der Waals surface area contributed by atoms with E-state index in [0.29, 0.717) is 0 Å². The van der Waals surface area contributed by atoms with Gasteiger partial charge >= 0.3 is 0 Å². The first-order chi connectivity index (χ1) is 6.93. The molecule has 76 valence electrons. The van der Waals surface area contributed by atoms with Crippen LogP contribution in [0, 0.1) is 0 Å². The summed E-state index contributed by atoms with van der Waals surface area (Å²) in [5.41, 5.74) is 0. The van der Waals surface area contributed by atoms with Crippen molar-refractivity contribution in [3.8, 4) is 0 Å². The van der Waals surface area contributed by atoms with Gasteiger partial charge in [0.1, 0.15) is 5.01 Å². The van der Waals surface area contributed by atoms with Crippen molar-refractivity contribution in [3.05, 3.63) is 16.6 Å². The second kappa shape index (κ2) is 3.63. The molecule has 2 nitrogen and oxygen atoms in total. The van der Waals surface area contributed by atoms with Crippen molar-refractivity contribution in [2.45, 2.75) is 50.7 Å². The monoisotopic (exact) mass is 208 g/mol. The highest BCUT2D eigenvalue weighted by molar-refractivity contribution is 7.09. The van der Waals surface area contributed by atoms with Crippen LogP contribution in [0.5, 0.6) is 0 Å². The Morgan fingerprint density at radius 3 is 2.71 bits per heavy atom. The Balaban J connectivity index is 1.73. The minimum atomic E-state index is 0.873. The molecule has 1 aromatic rings. The first kappa shape index (κ1) is 8.86. The Labute approximate surface area is 89.0 Å². The second-order valence-corrected chi connectivity index (χ2v) is 5.39. The van der Waals surface area contributed by atoms with Crippen LogP contribution in [0.2, 0.25) is 0 Å². The van der Waals surface area contributed by atoms with Crippen molar-refractivity contribution in [3.63, 3.8) is 0 Å². The lowest BCUT2D eigenvalue weighted by Gasteiger charge is -2.33. The van der Waals surface area contributed by atoms with Gasteiger partial charge in [-0.25, -0.2) is 4.98 Å². The molecule has 2 saturated heterocycles. The van der Waals surface area contributed by atoms with Gasteiger partial charge in [-0.1, -0.05) is 6.42 Å². The summed E-state index contributed by atoms with van der Waals surface area (Å²) in [6.07, 6.45) is 9.06. The summed E-state index contributed by atoms with van der Waals surface area (Å²) in [5, 5.41) is 3.38. The van der Waals surface area contributed by atoms with Crippen molar-refractivity contribution in [1.82, 2.24) is 9.88 Å². The molecule has 0 saturated carbocycles. The van der Waals surface area contributed by atoms with Crippen molar-refractivity contribution in [1.29, 1.82) is 0 Å². The molecule has 2 atom stereocenters. The van der Waals surface area contributed by atoms with Gasteiger partial charge < -0.3 is 0 Å². The standard InChI is InChI=1S/C11H16N2S/c1-2-9-4-5-10(3-1)13(9)8-11-12-6-7-14-11/h6-7,9-10H,1-5,8H2. The molecule has 2 unspecified atom stereocenters. The van der Waals surface area contributed by atoms with E-state index >= 15 is 0 Å². The van der Waals surface area contributed by atoms with E-state index in [4.69, 9.17) is 0 Å². The third-order valence-corrected chi connectivity index (χ3v) is 4.41. The second-order valence-electron chi connectivity index (χ2n) is 4.41. The van der Waals surface area contributed by atoms with Crippen LogP contribution in [-0.2, 0) is 6.54 Å². The van der Waals surface area contributed by atoms with Crippen LogP contribution in [0.1, 0.15) is 37.1 Å². The van der Waals surface area contributed by atoms with Gasteiger partial charge in [-0.15, -0.1) is 11.3 Å². The highest BCUT2D eigenvalue weighted by Gasteiger charge is 2.36. The minimum absolute atomic E-state index is 0.873. The van der Waals surface area contributed by atoms with E-state index in [1.165, 1.54) is 37.1 Å². The number of nitrogens with zero attached hydrogens (tertiary/aromatic N) is 2. The highest BCUT2D eigenvalue weighted by atomic mass is 32.1. The molecule has 1 aromatic heterocycles. The van der Waals surface area contributed by atoms with E-state index in [0.717, 1.165) is 18.6 Å². The van der Waals surface area contributed by atoms with Gasteiger partial charge in [0.25, 0.3) is 0 Å². The lowest BCUT2D eigenvalue weighted by Crippen LogP contribution is -2.38. The van der Waals surface area contributed by atoms with E-state index < -0.39 is 0 Å². The van der Waals surface area contributed by atoms with Gasteiger partial charge in [0, 0.05) is 23.7 Å². The summed E-state index contributed by atoms with van der Waals surface area (Å²) in [6.45, 7) is 1.10. The fourth-order valence-electron chi connectivity index (χ4n) is 2.97. The molecule has 2 aliphatic rings. The van der Waals surface area contributed by atoms with Crippen molar-refractivity contribution < 1.29 is 0 Å². The third kappa shape index (κ3) is 1.48. The summed E-state index contributed by atoms with van der Waals surface area (Å²) < 4.78 is 0. The number of rotatable bonds is 2. The number of piperidine rings is 1. The zero-order chi connectivity index (χ0) is 9.38. The fourth-order valence-corrected chi connectivity index (χ4v) is 3.59. The largest absolute Gasteiger partial charge is 0.291 e. The number of hydrogen-bond acceptors (Lipinski definition) is 3. The van der Waals surface area contributed by atoms with Crippen LogP contribution in [0.3, 0.4) is 0 Å². The van der Waals surface area contributed by atoms with E-state index in [9.17, 15) is 0 Å². The van der Waals surface area contributed by atoms with Crippen LogP contribution >= 0.6 is 11.3 Å². The minimum Gasteiger partial charge on any atom is -0.291 e. The zero-order valence-corrected chi connectivity index (χ0v) is 9.17. The Morgan fingerprint density at radius 2 is 2.07 bits per heavy atom. The maximum Gasteiger partial charge on any atom is 0.107 e. The highest BCUT2D eigenvalue weighted by Crippen LogP contribution is 2.36. The summed E-state index contributed by atoms with van der Waals surface area (Å²) in [7, 11) is 0. The van der Waals surface area contributed by atoms with Crippen molar-refractivity contribution >= 4 is 11.3 Å². The molecule has 2 aliphatic heterocycles. The molecule has 14 heavy (non-hydrogen) atoms. The fraction of sp³-hybridized carbons (Fsp3) is 0.727. The van der Waals surface area contributed by atoms with E-state index in [-0.39, 0.29) is 0 Å². The molecule has 2 bridgehead atoms. The third-order valence-electron chi connectivity index (χ3n) is 3.65. The molecule has 0 N–H and O–H groups in total. The van der Waals surface area contributed by atoms with Crippen LogP contribution in [0.15, 0.2) is 11.6 Å². The molecular weight excluding hydrogens is 192 g/mol. The molecule has 0 aromatic carbocycles. The average molecular weight is 208 g/mol. The topological polar surface area (TPSA) is 16.1 Å². The molecule has 0 spiro atoms. The first-order valence-corrected chi connectivity index (χ1v) is 6.45. The van der Waals surface area contributed by atoms with E-state index in [1.807, 2.05) is 6.20 Å².